The van der Waals surface area contributed by atoms with Crippen molar-refractivity contribution in [3.05, 3.63) is 58.1 Å². The van der Waals surface area contributed by atoms with E-state index in [1.54, 1.807) is 0 Å². The number of amides is 3. The van der Waals surface area contributed by atoms with Gasteiger partial charge in [-0.3, -0.25) is 33.1 Å². The van der Waals surface area contributed by atoms with Gasteiger partial charge in [-0.2, -0.15) is 4.98 Å². The van der Waals surface area contributed by atoms with Crippen LogP contribution in [0, 0.1) is 5.92 Å². The average Bonchev–Trinajstić information content (AvgIpc) is 1.56. The highest BCUT2D eigenvalue weighted by molar-refractivity contribution is 7.47. The van der Waals surface area contributed by atoms with E-state index in [-0.39, 0.29) is 43.7 Å². The van der Waals surface area contributed by atoms with Gasteiger partial charge in [-0.25, -0.2) is 18.7 Å². The lowest BCUT2D eigenvalue weighted by Gasteiger charge is -2.49. The van der Waals surface area contributed by atoms with E-state index in [2.05, 4.69) is 20.9 Å². The summed E-state index contributed by atoms with van der Waals surface area (Å²) < 4.78 is 90.7. The maximum absolute atomic E-state index is 13.4. The SMILES string of the molecule is CC(=O)NC1[C@@H](O[C@@H]2C(OC=O)O[C@@H](O[C@@H]3C(CO)O[C@H](O[C@@H]4C(OC=O)O[C@@H](OCCNC(=O)c5ccc(CC[C@H]6C([C@H](O)[C@H](O)CO)O[C@](OP(=O)(O)OC[C@H]7O[C@@H](n8ccc(N)nc8=O)C(O)[C@H]7O)(C(=O)O)C[C@H]6O)cc5)C(O)[C@H]4O)C(NC(C)=O)[C@H]3O)C(O)[C@H]2O)OC(CO)[C@@H](O)[C@@H]1O. The lowest BCUT2D eigenvalue weighted by Crippen LogP contribution is -2.70. The number of benzene rings is 1. The Morgan fingerprint density at radius 1 is 0.699 bits per heavy atom. The van der Waals surface area contributed by atoms with Crippen LogP contribution in [0.25, 0.3) is 0 Å². The van der Waals surface area contributed by atoms with Crippen molar-refractivity contribution in [3.63, 3.8) is 0 Å². The molecule has 1 aromatic heterocycles. The molecule has 31 atom stereocenters. The van der Waals surface area contributed by atoms with Crippen LogP contribution in [0.1, 0.15) is 48.8 Å². The number of hydrogen-bond donors (Lipinski definition) is 21. The molecule has 11 unspecified atom stereocenters. The molecule has 6 aliphatic rings. The third kappa shape index (κ3) is 19.3. The van der Waals surface area contributed by atoms with Crippen molar-refractivity contribution >= 4 is 50.3 Å². The topological polar surface area (TPSA) is 690 Å². The second-order valence-corrected chi connectivity index (χ2v) is 25.9. The Morgan fingerprint density at radius 3 is 1.81 bits per heavy atom. The van der Waals surface area contributed by atoms with Gasteiger partial charge in [0.15, 0.2) is 43.6 Å². The fourth-order valence-electron chi connectivity index (χ4n) is 12.2. The first-order chi connectivity index (χ1) is 48.7. The number of aromatic nitrogens is 2. The molecule has 46 heteroatoms. The number of aliphatic hydroxyl groups is 15. The van der Waals surface area contributed by atoms with Crippen molar-refractivity contribution in [2.75, 3.05) is 45.3 Å². The van der Waals surface area contributed by atoms with Gasteiger partial charge in [-0.05, 0) is 36.6 Å². The van der Waals surface area contributed by atoms with Crippen LogP contribution in [0.2, 0.25) is 0 Å². The monoisotopic (exact) mass is 1510 g/mol. The van der Waals surface area contributed by atoms with Crippen molar-refractivity contribution < 1.29 is 186 Å². The number of carbonyl (C=O) groups excluding carboxylic acids is 5. The molecule has 1 aromatic carbocycles. The second-order valence-electron chi connectivity index (χ2n) is 24.5. The summed E-state index contributed by atoms with van der Waals surface area (Å²) in [5, 5.41) is 180. The molecule has 7 heterocycles. The molecule has 103 heavy (non-hydrogen) atoms. The summed E-state index contributed by atoms with van der Waals surface area (Å²) in [4.78, 5) is 101. The molecule has 6 aliphatic heterocycles. The average molecular weight is 1510 g/mol. The lowest BCUT2D eigenvalue weighted by atomic mass is 9.80. The molecule has 6 saturated heterocycles. The molecule has 45 nitrogen and oxygen atoms in total. The summed E-state index contributed by atoms with van der Waals surface area (Å²) in [5.74, 6) is -9.28. The predicted molar refractivity (Wildman–Crippen MR) is 322 cm³/mol. The number of nitrogens with two attached hydrogens (primary N) is 1. The van der Waals surface area contributed by atoms with Crippen LogP contribution < -0.4 is 27.4 Å². The molecule has 6 fully saturated rings. The number of phosphoric acid groups is 1. The van der Waals surface area contributed by atoms with Crippen LogP contribution in [0.15, 0.2) is 41.3 Å². The molecule has 0 aliphatic carbocycles. The number of hydrogen-bond acceptors (Lipinski definition) is 39. The van der Waals surface area contributed by atoms with Crippen LogP contribution in [0.5, 0.6) is 0 Å². The minimum absolute atomic E-state index is 0.0206. The number of ether oxygens (including phenoxy) is 12. The van der Waals surface area contributed by atoms with Crippen molar-refractivity contribution in [2.45, 2.75) is 211 Å². The minimum Gasteiger partial charge on any atom is -0.477 e. The Balaban J connectivity index is 0.838. The van der Waals surface area contributed by atoms with Crippen LogP contribution in [0.3, 0.4) is 0 Å². The summed E-state index contributed by atoms with van der Waals surface area (Å²) in [6.45, 7) is -3.30. The number of nitrogen functional groups attached to an aromatic ring is 1. The van der Waals surface area contributed by atoms with Gasteiger partial charge < -0.3 is 165 Å². The quantitative estimate of drug-likeness (QED) is 0.0184. The second kappa shape index (κ2) is 35.9. The number of carboxylic acid groups (broad SMARTS) is 1. The number of carbonyl (C=O) groups is 6. The molecule has 2 aromatic rings. The lowest BCUT2D eigenvalue weighted by molar-refractivity contribution is -0.398. The van der Waals surface area contributed by atoms with Gasteiger partial charge in [0.05, 0.1) is 45.2 Å². The van der Waals surface area contributed by atoms with Crippen LogP contribution in [0.4, 0.5) is 5.82 Å². The van der Waals surface area contributed by atoms with E-state index < -0.39 is 260 Å². The normalized spacial score (nSPS) is 38.8. The van der Waals surface area contributed by atoms with Gasteiger partial charge >= 0.3 is 19.5 Å². The van der Waals surface area contributed by atoms with E-state index in [1.165, 1.54) is 30.3 Å². The highest BCUT2D eigenvalue weighted by Crippen LogP contribution is 2.52. The molecular weight excluding hydrogens is 1420 g/mol. The number of carboxylic acids is 1. The van der Waals surface area contributed by atoms with Gasteiger partial charge in [-0.15, -0.1) is 0 Å². The van der Waals surface area contributed by atoms with E-state index in [0.717, 1.165) is 24.6 Å². The molecular formula is C57H83N6O39P. The summed E-state index contributed by atoms with van der Waals surface area (Å²) in [5.41, 5.74) is 5.00. The Morgan fingerprint density at radius 2 is 1.25 bits per heavy atom. The highest BCUT2D eigenvalue weighted by Gasteiger charge is 2.60. The van der Waals surface area contributed by atoms with Crippen molar-refractivity contribution in [1.82, 2.24) is 25.5 Å². The molecule has 8 rings (SSSR count). The summed E-state index contributed by atoms with van der Waals surface area (Å²) in [6.07, 6.45) is -50.7. The summed E-state index contributed by atoms with van der Waals surface area (Å²) in [7, 11) is -5.68. The number of aliphatic carboxylic acids is 1. The third-order valence-corrected chi connectivity index (χ3v) is 18.5. The summed E-state index contributed by atoms with van der Waals surface area (Å²) >= 11 is 0. The molecule has 580 valence electrons. The van der Waals surface area contributed by atoms with Gasteiger partial charge in [0.25, 0.3) is 24.6 Å². The van der Waals surface area contributed by atoms with E-state index in [4.69, 9.17) is 71.6 Å². The van der Waals surface area contributed by atoms with Crippen molar-refractivity contribution in [1.29, 1.82) is 0 Å². The maximum Gasteiger partial charge on any atom is 0.475 e. The van der Waals surface area contributed by atoms with E-state index in [1.807, 2.05) is 0 Å². The fourth-order valence-corrected chi connectivity index (χ4v) is 13.2. The zero-order valence-corrected chi connectivity index (χ0v) is 55.1. The molecule has 0 spiro atoms. The first kappa shape index (κ1) is 82.5. The molecule has 22 N–H and O–H groups in total. The predicted octanol–water partition coefficient (Wildman–Crippen LogP) is -11.9. The number of nitrogens with one attached hydrogen (secondary N) is 3. The van der Waals surface area contributed by atoms with E-state index in [9.17, 15) is 125 Å². The summed E-state index contributed by atoms with van der Waals surface area (Å²) in [6, 6.07) is 3.39. The van der Waals surface area contributed by atoms with Crippen molar-refractivity contribution in [3.8, 4) is 0 Å². The van der Waals surface area contributed by atoms with E-state index in [0.29, 0.717) is 5.56 Å². The zero-order chi connectivity index (χ0) is 75.7. The minimum atomic E-state index is -5.68. The molecule has 0 radical (unpaired) electrons. The number of rotatable bonds is 32. The fraction of sp³-hybridized carbons (Fsp3) is 0.719. The Hall–Kier alpha value is -6.17. The van der Waals surface area contributed by atoms with Gasteiger partial charge in [0.2, 0.25) is 24.4 Å². The smallest absolute Gasteiger partial charge is 0.475 e. The first-order valence-corrected chi connectivity index (χ1v) is 33.1. The molecule has 0 saturated carbocycles. The largest absolute Gasteiger partial charge is 0.477 e. The number of nitrogens with zero attached hydrogens (tertiary/aromatic N) is 2. The van der Waals surface area contributed by atoms with Gasteiger partial charge in [0, 0.05) is 44.5 Å². The standard InChI is InChI=1S/C57H83N6O39P/c1-20(69)60-31-36(76)34(74)27(15-65)94-49(31)97-46-39(79)42(82)52(100-54(46)91-19-68)96-44-28(16-66)95-50(32(37(44)77)61-21(2)70)98-45-38(78)41(81)51(99-53(45)90-18-67)89-12-10-59-47(83)23-6-3-22(4-7-23)5-8-24-25(71)13-57(55(84)85,101-43(24)33(73)26(72)14-64)102-103(87,88)92-17-29-35(75)40(80)48(93-29)63-11-9-30(58)62-56(63)86/h3-4,6-7,9,11,18-19,24-29,31-46,48-54,64-66,71-82H,5,8,10,12-17H2,1-2H3,(H,59,83)(H,60,69)(H,61,70)(H,84,85)(H,87,88)(H2,58,62,86)/t24-,25-,26-,27?,28?,29-,31?,32?,33-,34-,35+,36-,37-,38-,39-,40?,41?,42?,43?,44-,45+,46+,48-,49-,50-,51-,52-,53?,54?,57-/m1/s1. The number of aliphatic hydroxyl groups excluding tert-OH is 15. The number of aryl methyl sites for hydroxylation is 1. The van der Waals surface area contributed by atoms with Crippen molar-refractivity contribution in [2.24, 2.45) is 5.92 Å². The molecule has 0 bridgehead atoms. The Kier molecular flexibility index (Phi) is 28.8. The third-order valence-electron chi connectivity index (χ3n) is 17.5. The Labute approximate surface area is 580 Å². The van der Waals surface area contributed by atoms with Gasteiger partial charge in [0.1, 0.15) is 109 Å². The molecule has 3 amide bonds. The number of phosphoric ester groups is 1. The van der Waals surface area contributed by atoms with Crippen LogP contribution in [-0.4, -0.2) is 344 Å². The highest BCUT2D eigenvalue weighted by atomic mass is 31.2. The Bertz CT molecular complexity index is 3280. The maximum atomic E-state index is 13.4. The number of anilines is 1. The van der Waals surface area contributed by atoms with Crippen LogP contribution in [-0.2, 0) is 101 Å². The van der Waals surface area contributed by atoms with Gasteiger partial charge in [-0.1, -0.05) is 12.1 Å². The van der Waals surface area contributed by atoms with E-state index >= 15 is 0 Å². The zero-order valence-electron chi connectivity index (χ0n) is 54.2. The first-order valence-electron chi connectivity index (χ1n) is 31.6. The van der Waals surface area contributed by atoms with Crippen LogP contribution >= 0.6 is 7.82 Å².